The quantitative estimate of drug-likeness (QED) is 0.650. The van der Waals surface area contributed by atoms with Gasteiger partial charge in [-0.05, 0) is 48.9 Å². The van der Waals surface area contributed by atoms with E-state index in [9.17, 15) is 14.4 Å². The molecule has 6 nitrogen and oxygen atoms in total. The smallest absolute Gasteiger partial charge is 0.248 e. The summed E-state index contributed by atoms with van der Waals surface area (Å²) in [5.41, 5.74) is 6.89. The van der Waals surface area contributed by atoms with Crippen LogP contribution in [0.25, 0.3) is 0 Å². The van der Waals surface area contributed by atoms with Crippen molar-refractivity contribution in [1.29, 1.82) is 0 Å². The predicted molar refractivity (Wildman–Crippen MR) is 104 cm³/mol. The molecular formula is C19H21N3O3S. The van der Waals surface area contributed by atoms with Gasteiger partial charge in [0.15, 0.2) is 0 Å². The summed E-state index contributed by atoms with van der Waals surface area (Å²) in [6.45, 7) is 3.39. The molecule has 3 amide bonds. The second kappa shape index (κ2) is 9.05. The number of carbonyl (C=O) groups excluding carboxylic acids is 3. The van der Waals surface area contributed by atoms with E-state index in [1.54, 1.807) is 30.3 Å². The summed E-state index contributed by atoms with van der Waals surface area (Å²) >= 11 is 1.43. The van der Waals surface area contributed by atoms with Crippen molar-refractivity contribution in [1.82, 2.24) is 0 Å². The molecule has 0 aliphatic carbocycles. The molecule has 0 saturated heterocycles. The number of nitrogens with one attached hydrogen (secondary N) is 2. The number of carbonyl (C=O) groups is 3. The van der Waals surface area contributed by atoms with Gasteiger partial charge >= 0.3 is 0 Å². The zero-order chi connectivity index (χ0) is 19.1. The molecule has 0 aliphatic heterocycles. The van der Waals surface area contributed by atoms with Crippen LogP contribution >= 0.6 is 11.8 Å². The third kappa shape index (κ3) is 5.63. The molecule has 26 heavy (non-hydrogen) atoms. The van der Waals surface area contributed by atoms with Crippen molar-refractivity contribution in [3.8, 4) is 0 Å². The highest BCUT2D eigenvalue weighted by atomic mass is 32.2. The van der Waals surface area contributed by atoms with E-state index in [2.05, 4.69) is 10.6 Å². The Labute approximate surface area is 156 Å². The van der Waals surface area contributed by atoms with Crippen LogP contribution in [0, 0.1) is 0 Å². The van der Waals surface area contributed by atoms with Crippen LogP contribution in [-0.2, 0) is 9.59 Å². The van der Waals surface area contributed by atoms with Crippen LogP contribution in [0.15, 0.2) is 53.4 Å². The fourth-order valence-electron chi connectivity index (χ4n) is 2.28. The zero-order valence-electron chi connectivity index (χ0n) is 14.6. The number of benzene rings is 2. The van der Waals surface area contributed by atoms with Gasteiger partial charge in [0.05, 0.1) is 5.25 Å². The Hall–Kier alpha value is -2.80. The Morgan fingerprint density at radius 3 is 2.31 bits per heavy atom. The van der Waals surface area contributed by atoms with Gasteiger partial charge in [0.2, 0.25) is 17.7 Å². The lowest BCUT2D eigenvalue weighted by atomic mass is 10.2. The van der Waals surface area contributed by atoms with Crippen LogP contribution in [0.1, 0.15) is 30.6 Å². The number of nitrogens with two attached hydrogens (primary N) is 1. The van der Waals surface area contributed by atoms with E-state index in [1.807, 2.05) is 25.1 Å². The fraction of sp³-hybridized carbons (Fsp3) is 0.211. The number of amides is 3. The number of hydrogen-bond acceptors (Lipinski definition) is 4. The Balaban J connectivity index is 2.04. The molecule has 0 heterocycles. The van der Waals surface area contributed by atoms with Crippen LogP contribution in [0.5, 0.6) is 0 Å². The summed E-state index contributed by atoms with van der Waals surface area (Å²) in [7, 11) is 0. The van der Waals surface area contributed by atoms with E-state index in [4.69, 9.17) is 5.73 Å². The minimum Gasteiger partial charge on any atom is -0.366 e. The van der Waals surface area contributed by atoms with Crippen molar-refractivity contribution in [3.05, 3.63) is 54.1 Å². The topological polar surface area (TPSA) is 101 Å². The van der Waals surface area contributed by atoms with Crippen LogP contribution in [-0.4, -0.2) is 23.0 Å². The molecule has 0 saturated carbocycles. The van der Waals surface area contributed by atoms with Crippen LogP contribution in [0.2, 0.25) is 0 Å². The first-order chi connectivity index (χ1) is 12.4. The highest BCUT2D eigenvalue weighted by Crippen LogP contribution is 2.28. The molecule has 7 heteroatoms. The molecule has 0 radical (unpaired) electrons. The summed E-state index contributed by atoms with van der Waals surface area (Å²) in [6, 6.07) is 13.8. The Morgan fingerprint density at radius 2 is 1.73 bits per heavy atom. The third-order valence-corrected chi connectivity index (χ3v) is 4.89. The lowest BCUT2D eigenvalue weighted by molar-refractivity contribution is -0.116. The molecule has 0 aromatic heterocycles. The number of hydrogen-bond donors (Lipinski definition) is 3. The second-order valence-corrected chi connectivity index (χ2v) is 6.93. The minimum absolute atomic E-state index is 0.130. The second-order valence-electron chi connectivity index (χ2n) is 5.65. The van der Waals surface area contributed by atoms with Crippen molar-refractivity contribution in [2.24, 2.45) is 5.73 Å². The molecule has 136 valence electrons. The minimum atomic E-state index is -0.510. The summed E-state index contributed by atoms with van der Waals surface area (Å²) in [6.07, 6.45) is 0.639. The Kier molecular flexibility index (Phi) is 6.80. The standard InChI is InChI=1S/C19H21N3O3S/c1-3-17(26-16-6-4-5-15(11-16)21-12(2)23)19(25)22-14-9-7-13(8-10-14)18(20)24/h4-11,17H,3H2,1-2H3,(H2,20,24)(H,21,23)(H,22,25). The molecule has 0 aliphatic rings. The van der Waals surface area contributed by atoms with Gasteiger partial charge in [-0.25, -0.2) is 0 Å². The first-order valence-corrected chi connectivity index (χ1v) is 9.02. The van der Waals surface area contributed by atoms with Crippen molar-refractivity contribution in [2.45, 2.75) is 30.4 Å². The highest BCUT2D eigenvalue weighted by molar-refractivity contribution is 8.00. The molecule has 4 N–H and O–H groups in total. The maximum absolute atomic E-state index is 12.5. The van der Waals surface area contributed by atoms with E-state index in [-0.39, 0.29) is 17.1 Å². The van der Waals surface area contributed by atoms with Crippen LogP contribution in [0.3, 0.4) is 0 Å². The third-order valence-electron chi connectivity index (χ3n) is 3.53. The molecule has 0 bridgehead atoms. The van der Waals surface area contributed by atoms with E-state index in [0.717, 1.165) is 4.90 Å². The molecule has 1 unspecified atom stereocenters. The number of thioether (sulfide) groups is 1. The Bertz CT molecular complexity index is 806. The van der Waals surface area contributed by atoms with E-state index >= 15 is 0 Å². The van der Waals surface area contributed by atoms with E-state index in [1.165, 1.54) is 18.7 Å². The summed E-state index contributed by atoms with van der Waals surface area (Å²) in [5, 5.41) is 5.28. The summed E-state index contributed by atoms with van der Waals surface area (Å²) < 4.78 is 0. The van der Waals surface area contributed by atoms with Crippen molar-refractivity contribution >= 4 is 40.9 Å². The lowest BCUT2D eigenvalue weighted by Gasteiger charge is -2.15. The van der Waals surface area contributed by atoms with Gasteiger partial charge in [-0.1, -0.05) is 13.0 Å². The SMILES string of the molecule is CCC(Sc1cccc(NC(C)=O)c1)C(=O)Nc1ccc(C(N)=O)cc1. The maximum atomic E-state index is 12.5. The number of rotatable bonds is 7. The molecule has 2 rings (SSSR count). The molecule has 0 spiro atoms. The number of anilines is 2. The van der Waals surface area contributed by atoms with E-state index < -0.39 is 5.91 Å². The van der Waals surface area contributed by atoms with Crippen molar-refractivity contribution in [3.63, 3.8) is 0 Å². The molecular weight excluding hydrogens is 350 g/mol. The average molecular weight is 371 g/mol. The van der Waals surface area contributed by atoms with Gasteiger partial charge in [0.25, 0.3) is 0 Å². The van der Waals surface area contributed by atoms with Gasteiger partial charge in [0, 0.05) is 28.8 Å². The van der Waals surface area contributed by atoms with Gasteiger partial charge in [-0.15, -0.1) is 11.8 Å². The fourth-order valence-corrected chi connectivity index (χ4v) is 3.29. The van der Waals surface area contributed by atoms with Gasteiger partial charge < -0.3 is 16.4 Å². The molecule has 2 aromatic carbocycles. The van der Waals surface area contributed by atoms with Crippen LogP contribution < -0.4 is 16.4 Å². The average Bonchev–Trinajstić information content (AvgIpc) is 2.59. The molecule has 2 aromatic rings. The summed E-state index contributed by atoms with van der Waals surface area (Å²) in [4.78, 5) is 35.7. The van der Waals surface area contributed by atoms with Gasteiger partial charge in [-0.2, -0.15) is 0 Å². The first-order valence-electron chi connectivity index (χ1n) is 8.14. The van der Waals surface area contributed by atoms with E-state index in [0.29, 0.717) is 23.4 Å². The van der Waals surface area contributed by atoms with Crippen LogP contribution in [0.4, 0.5) is 11.4 Å². The summed E-state index contributed by atoms with van der Waals surface area (Å²) in [5.74, 6) is -0.783. The Morgan fingerprint density at radius 1 is 1.04 bits per heavy atom. The zero-order valence-corrected chi connectivity index (χ0v) is 15.4. The maximum Gasteiger partial charge on any atom is 0.248 e. The van der Waals surface area contributed by atoms with Crippen molar-refractivity contribution in [2.75, 3.05) is 10.6 Å². The largest absolute Gasteiger partial charge is 0.366 e. The predicted octanol–water partition coefficient (Wildman–Crippen LogP) is 3.25. The van der Waals surface area contributed by atoms with Crippen molar-refractivity contribution < 1.29 is 14.4 Å². The highest BCUT2D eigenvalue weighted by Gasteiger charge is 2.18. The monoisotopic (exact) mass is 371 g/mol. The molecule has 0 fully saturated rings. The van der Waals surface area contributed by atoms with Gasteiger partial charge in [-0.3, -0.25) is 14.4 Å². The lowest BCUT2D eigenvalue weighted by Crippen LogP contribution is -2.24. The molecule has 1 atom stereocenters. The number of primary amides is 1. The first kappa shape index (κ1) is 19.5. The normalized spacial score (nSPS) is 11.5. The van der Waals surface area contributed by atoms with Gasteiger partial charge in [0.1, 0.15) is 0 Å².